The zero-order valence-electron chi connectivity index (χ0n) is 8.73. The van der Waals surface area contributed by atoms with E-state index in [0.29, 0.717) is 0 Å². The molecule has 0 aliphatic heterocycles. The molecule has 0 aliphatic rings. The second kappa shape index (κ2) is 4.74. The SMILES string of the molecule is CCCC(C)n1cc(C(=O)OC)nn1. The first-order chi connectivity index (χ1) is 6.69. The average Bonchev–Trinajstić information content (AvgIpc) is 2.66. The minimum Gasteiger partial charge on any atom is -0.464 e. The molecule has 5 heteroatoms. The third kappa shape index (κ3) is 2.31. The van der Waals surface area contributed by atoms with Crippen molar-refractivity contribution in [3.05, 3.63) is 11.9 Å². The molecule has 1 aromatic heterocycles. The zero-order chi connectivity index (χ0) is 10.6. The number of methoxy groups -OCH3 is 1. The van der Waals surface area contributed by atoms with Gasteiger partial charge in [-0.2, -0.15) is 0 Å². The molecule has 0 saturated heterocycles. The molecule has 0 radical (unpaired) electrons. The van der Waals surface area contributed by atoms with Gasteiger partial charge in [0.1, 0.15) is 0 Å². The monoisotopic (exact) mass is 197 g/mol. The third-order valence-electron chi connectivity index (χ3n) is 2.06. The summed E-state index contributed by atoms with van der Waals surface area (Å²) in [6, 6.07) is 0.269. The molecule has 5 nitrogen and oxygen atoms in total. The Morgan fingerprint density at radius 2 is 2.43 bits per heavy atom. The number of carbonyl (C=O) groups excluding carboxylic acids is 1. The molecule has 1 atom stereocenters. The lowest BCUT2D eigenvalue weighted by Gasteiger charge is -2.08. The van der Waals surface area contributed by atoms with Crippen molar-refractivity contribution in [2.45, 2.75) is 32.7 Å². The van der Waals surface area contributed by atoms with E-state index in [4.69, 9.17) is 0 Å². The summed E-state index contributed by atoms with van der Waals surface area (Å²) in [4.78, 5) is 11.1. The summed E-state index contributed by atoms with van der Waals surface area (Å²) in [5, 5.41) is 7.60. The number of hydrogen-bond donors (Lipinski definition) is 0. The van der Waals surface area contributed by atoms with Crippen LogP contribution in [0.15, 0.2) is 6.20 Å². The topological polar surface area (TPSA) is 57.0 Å². The van der Waals surface area contributed by atoms with Crippen LogP contribution in [-0.4, -0.2) is 28.1 Å². The van der Waals surface area contributed by atoms with Gasteiger partial charge in [-0.1, -0.05) is 18.6 Å². The Morgan fingerprint density at radius 3 is 3.00 bits per heavy atom. The molecule has 0 bridgehead atoms. The molecule has 0 aliphatic carbocycles. The highest BCUT2D eigenvalue weighted by Gasteiger charge is 2.12. The molecule has 1 rings (SSSR count). The van der Waals surface area contributed by atoms with Crippen LogP contribution >= 0.6 is 0 Å². The summed E-state index contributed by atoms with van der Waals surface area (Å²) < 4.78 is 6.22. The van der Waals surface area contributed by atoms with Crippen LogP contribution in [0, 0.1) is 0 Å². The lowest BCUT2D eigenvalue weighted by Crippen LogP contribution is -2.05. The van der Waals surface area contributed by atoms with Crippen molar-refractivity contribution in [2.24, 2.45) is 0 Å². The molecule has 1 heterocycles. The first-order valence-corrected chi connectivity index (χ1v) is 4.69. The van der Waals surface area contributed by atoms with Gasteiger partial charge in [-0.3, -0.25) is 0 Å². The van der Waals surface area contributed by atoms with E-state index < -0.39 is 5.97 Å². The van der Waals surface area contributed by atoms with Gasteiger partial charge >= 0.3 is 5.97 Å². The average molecular weight is 197 g/mol. The number of carbonyl (C=O) groups is 1. The molecule has 1 aromatic rings. The van der Waals surface area contributed by atoms with Crippen molar-refractivity contribution in [2.75, 3.05) is 7.11 Å². The fourth-order valence-corrected chi connectivity index (χ4v) is 1.24. The molecule has 0 amide bonds. The van der Waals surface area contributed by atoms with E-state index in [9.17, 15) is 4.79 Å². The van der Waals surface area contributed by atoms with Crippen molar-refractivity contribution < 1.29 is 9.53 Å². The van der Waals surface area contributed by atoms with Gasteiger partial charge in [0.2, 0.25) is 0 Å². The van der Waals surface area contributed by atoms with Gasteiger partial charge in [0.15, 0.2) is 5.69 Å². The lowest BCUT2D eigenvalue weighted by atomic mass is 10.2. The third-order valence-corrected chi connectivity index (χ3v) is 2.06. The standard InChI is InChI=1S/C9H15N3O2/c1-4-5-7(2)12-6-8(10-11-12)9(13)14-3/h6-7H,4-5H2,1-3H3. The minimum absolute atomic E-state index is 0.260. The summed E-state index contributed by atoms with van der Waals surface area (Å²) in [6.45, 7) is 4.15. The highest BCUT2D eigenvalue weighted by Crippen LogP contribution is 2.11. The summed E-state index contributed by atoms with van der Waals surface area (Å²) in [7, 11) is 1.33. The molecule has 0 N–H and O–H groups in total. The Morgan fingerprint density at radius 1 is 1.71 bits per heavy atom. The number of rotatable bonds is 4. The first kappa shape index (κ1) is 10.7. The van der Waals surface area contributed by atoms with Gasteiger partial charge < -0.3 is 4.74 Å². The van der Waals surface area contributed by atoms with Crippen molar-refractivity contribution in [1.82, 2.24) is 15.0 Å². The van der Waals surface area contributed by atoms with Crippen LogP contribution in [-0.2, 0) is 4.74 Å². The predicted octanol–water partition coefficient (Wildman–Crippen LogP) is 1.43. The normalized spacial score (nSPS) is 12.5. The molecule has 1 unspecified atom stereocenters. The molecule has 0 fully saturated rings. The Bertz CT molecular complexity index is 309. The van der Waals surface area contributed by atoms with E-state index in [-0.39, 0.29) is 11.7 Å². The Kier molecular flexibility index (Phi) is 3.62. The highest BCUT2D eigenvalue weighted by atomic mass is 16.5. The Labute approximate surface area is 83.1 Å². The second-order valence-electron chi connectivity index (χ2n) is 3.21. The lowest BCUT2D eigenvalue weighted by molar-refractivity contribution is 0.0594. The quantitative estimate of drug-likeness (QED) is 0.685. The Hall–Kier alpha value is -1.39. The highest BCUT2D eigenvalue weighted by molar-refractivity contribution is 5.86. The zero-order valence-corrected chi connectivity index (χ0v) is 8.73. The smallest absolute Gasteiger partial charge is 0.360 e. The van der Waals surface area contributed by atoms with Crippen LogP contribution in [0.3, 0.4) is 0 Å². The van der Waals surface area contributed by atoms with Crippen molar-refractivity contribution in [3.8, 4) is 0 Å². The molecule has 0 aromatic carbocycles. The fraction of sp³-hybridized carbons (Fsp3) is 0.667. The maximum Gasteiger partial charge on any atom is 0.360 e. The number of esters is 1. The molecule has 0 spiro atoms. The number of ether oxygens (including phenoxy) is 1. The van der Waals surface area contributed by atoms with Crippen molar-refractivity contribution in [1.29, 1.82) is 0 Å². The summed E-state index contributed by atoms with van der Waals surface area (Å²) in [5.74, 6) is -0.444. The number of aromatic nitrogens is 3. The predicted molar refractivity (Wildman–Crippen MR) is 51.0 cm³/mol. The van der Waals surface area contributed by atoms with Gasteiger partial charge in [0.25, 0.3) is 0 Å². The van der Waals surface area contributed by atoms with Crippen molar-refractivity contribution in [3.63, 3.8) is 0 Å². The fourth-order valence-electron chi connectivity index (χ4n) is 1.24. The van der Waals surface area contributed by atoms with Gasteiger partial charge in [-0.05, 0) is 13.3 Å². The summed E-state index contributed by atoms with van der Waals surface area (Å²) in [6.07, 6.45) is 3.71. The maximum atomic E-state index is 11.1. The van der Waals surface area contributed by atoms with Crippen LogP contribution in [0.25, 0.3) is 0 Å². The first-order valence-electron chi connectivity index (χ1n) is 4.69. The Balaban J connectivity index is 2.72. The minimum atomic E-state index is -0.444. The summed E-state index contributed by atoms with van der Waals surface area (Å²) in [5.41, 5.74) is 0.260. The molecule has 78 valence electrons. The van der Waals surface area contributed by atoms with Gasteiger partial charge in [-0.25, -0.2) is 9.48 Å². The largest absolute Gasteiger partial charge is 0.464 e. The van der Waals surface area contributed by atoms with E-state index in [2.05, 4.69) is 22.0 Å². The van der Waals surface area contributed by atoms with E-state index in [1.165, 1.54) is 7.11 Å². The van der Waals surface area contributed by atoms with Crippen LogP contribution in [0.1, 0.15) is 43.2 Å². The van der Waals surface area contributed by atoms with Gasteiger partial charge in [0.05, 0.1) is 19.3 Å². The van der Waals surface area contributed by atoms with Crippen LogP contribution in [0.2, 0.25) is 0 Å². The molecular formula is C9H15N3O2. The van der Waals surface area contributed by atoms with Gasteiger partial charge in [0, 0.05) is 0 Å². The van der Waals surface area contributed by atoms with E-state index in [0.717, 1.165) is 12.8 Å². The molecule has 14 heavy (non-hydrogen) atoms. The number of nitrogens with zero attached hydrogens (tertiary/aromatic N) is 3. The summed E-state index contributed by atoms with van der Waals surface area (Å²) >= 11 is 0. The van der Waals surface area contributed by atoms with Crippen molar-refractivity contribution >= 4 is 5.97 Å². The van der Waals surface area contributed by atoms with Crippen LogP contribution in [0.5, 0.6) is 0 Å². The second-order valence-corrected chi connectivity index (χ2v) is 3.21. The van der Waals surface area contributed by atoms with E-state index >= 15 is 0 Å². The molecule has 0 saturated carbocycles. The maximum absolute atomic E-state index is 11.1. The van der Waals surface area contributed by atoms with Gasteiger partial charge in [-0.15, -0.1) is 5.10 Å². The van der Waals surface area contributed by atoms with Crippen LogP contribution < -0.4 is 0 Å². The van der Waals surface area contributed by atoms with E-state index in [1.807, 2.05) is 6.92 Å². The van der Waals surface area contributed by atoms with E-state index in [1.54, 1.807) is 10.9 Å². The molecular weight excluding hydrogens is 182 g/mol. The number of hydrogen-bond acceptors (Lipinski definition) is 4. The van der Waals surface area contributed by atoms with Crippen LogP contribution in [0.4, 0.5) is 0 Å².